The lowest BCUT2D eigenvalue weighted by Crippen LogP contribution is -2.40. The summed E-state index contributed by atoms with van der Waals surface area (Å²) >= 11 is 12.3. The van der Waals surface area contributed by atoms with Crippen LogP contribution in [0, 0.1) is 0 Å². The molecule has 0 atom stereocenters. The van der Waals surface area contributed by atoms with E-state index in [0.717, 1.165) is 0 Å². The SMILES string of the molecule is COc1c(Cl)cc(Cl)cc1C=NNc1nc(N2CCOCC2)nc(N2CCOCC2)n1. The van der Waals surface area contributed by atoms with Crippen LogP contribution in [0.4, 0.5) is 17.8 Å². The lowest BCUT2D eigenvalue weighted by molar-refractivity contribution is 0.121. The van der Waals surface area contributed by atoms with Crippen molar-refractivity contribution in [3.05, 3.63) is 27.7 Å². The number of benzene rings is 1. The summed E-state index contributed by atoms with van der Waals surface area (Å²) in [5, 5.41) is 5.15. The largest absolute Gasteiger partial charge is 0.495 e. The summed E-state index contributed by atoms with van der Waals surface area (Å²) in [4.78, 5) is 17.9. The number of ether oxygens (including phenoxy) is 3. The smallest absolute Gasteiger partial charge is 0.250 e. The standard InChI is InChI=1S/C19H23Cl2N7O3/c1-29-16-13(10-14(20)11-15(16)21)12-22-26-17-23-18(27-2-6-30-7-3-27)25-19(24-17)28-4-8-31-9-5-28/h10-12H,2-9H2,1H3,(H,23,24,25,26). The molecule has 12 heteroatoms. The Morgan fingerprint density at radius 3 is 2.10 bits per heavy atom. The van der Waals surface area contributed by atoms with Gasteiger partial charge in [0.2, 0.25) is 17.8 Å². The summed E-state index contributed by atoms with van der Waals surface area (Å²) in [6.07, 6.45) is 1.56. The van der Waals surface area contributed by atoms with Gasteiger partial charge in [0.15, 0.2) is 0 Å². The Balaban J connectivity index is 1.58. The monoisotopic (exact) mass is 467 g/mol. The number of nitrogens with one attached hydrogen (secondary N) is 1. The molecular weight excluding hydrogens is 445 g/mol. The second-order valence-electron chi connectivity index (χ2n) is 6.84. The number of anilines is 3. The van der Waals surface area contributed by atoms with Gasteiger partial charge in [0, 0.05) is 36.8 Å². The molecule has 0 aliphatic carbocycles. The van der Waals surface area contributed by atoms with Crippen molar-refractivity contribution >= 4 is 47.3 Å². The average molecular weight is 468 g/mol. The Bertz CT molecular complexity index is 899. The molecule has 0 radical (unpaired) electrons. The number of methoxy groups -OCH3 is 1. The fourth-order valence-electron chi connectivity index (χ4n) is 3.26. The molecular formula is C19H23Cl2N7O3. The maximum Gasteiger partial charge on any atom is 0.250 e. The summed E-state index contributed by atoms with van der Waals surface area (Å²) in [5.74, 6) is 1.98. The van der Waals surface area contributed by atoms with E-state index >= 15 is 0 Å². The van der Waals surface area contributed by atoms with Gasteiger partial charge in [0.05, 0.1) is 44.8 Å². The zero-order valence-corrected chi connectivity index (χ0v) is 18.6. The van der Waals surface area contributed by atoms with E-state index < -0.39 is 0 Å². The highest BCUT2D eigenvalue weighted by Crippen LogP contribution is 2.31. The summed E-state index contributed by atoms with van der Waals surface area (Å²) in [7, 11) is 1.54. The van der Waals surface area contributed by atoms with Gasteiger partial charge in [-0.25, -0.2) is 5.43 Å². The van der Waals surface area contributed by atoms with Crippen molar-refractivity contribution in [1.82, 2.24) is 15.0 Å². The molecule has 0 amide bonds. The zero-order chi connectivity index (χ0) is 21.6. The molecule has 31 heavy (non-hydrogen) atoms. The lowest BCUT2D eigenvalue weighted by atomic mass is 10.2. The van der Waals surface area contributed by atoms with Crippen molar-refractivity contribution in [1.29, 1.82) is 0 Å². The van der Waals surface area contributed by atoms with Crippen LogP contribution >= 0.6 is 23.2 Å². The van der Waals surface area contributed by atoms with E-state index in [1.807, 2.05) is 0 Å². The number of halogens is 2. The minimum absolute atomic E-state index is 0.335. The van der Waals surface area contributed by atoms with Gasteiger partial charge in [0.1, 0.15) is 5.75 Å². The molecule has 0 bridgehead atoms. The molecule has 1 aromatic carbocycles. The van der Waals surface area contributed by atoms with E-state index in [9.17, 15) is 0 Å². The molecule has 1 aromatic heterocycles. The Labute approximate surface area is 190 Å². The van der Waals surface area contributed by atoms with Gasteiger partial charge in [-0.15, -0.1) is 0 Å². The predicted molar refractivity (Wildman–Crippen MR) is 120 cm³/mol. The number of nitrogens with zero attached hydrogens (tertiary/aromatic N) is 6. The fourth-order valence-corrected chi connectivity index (χ4v) is 3.85. The van der Waals surface area contributed by atoms with Crippen LogP contribution in [-0.4, -0.2) is 80.9 Å². The lowest BCUT2D eigenvalue weighted by Gasteiger charge is -2.30. The first-order valence-corrected chi connectivity index (χ1v) is 10.6. The minimum Gasteiger partial charge on any atom is -0.495 e. The Hall–Kier alpha value is -2.40. The number of morpholine rings is 2. The Morgan fingerprint density at radius 1 is 0.968 bits per heavy atom. The number of hydrogen-bond acceptors (Lipinski definition) is 10. The van der Waals surface area contributed by atoms with Crippen molar-refractivity contribution in [2.45, 2.75) is 0 Å². The van der Waals surface area contributed by atoms with Crippen molar-refractivity contribution in [3.8, 4) is 5.75 Å². The van der Waals surface area contributed by atoms with Crippen LogP contribution in [-0.2, 0) is 9.47 Å². The molecule has 4 rings (SSSR count). The van der Waals surface area contributed by atoms with E-state index in [1.165, 1.54) is 7.11 Å². The molecule has 0 saturated carbocycles. The van der Waals surface area contributed by atoms with Gasteiger partial charge >= 0.3 is 0 Å². The molecule has 3 heterocycles. The first-order chi connectivity index (χ1) is 15.1. The second-order valence-corrected chi connectivity index (χ2v) is 7.68. The molecule has 166 valence electrons. The number of aromatic nitrogens is 3. The molecule has 0 unspecified atom stereocenters. The molecule has 2 aliphatic rings. The highest BCUT2D eigenvalue weighted by molar-refractivity contribution is 6.36. The maximum absolute atomic E-state index is 6.19. The minimum atomic E-state index is 0.335. The third-order valence-electron chi connectivity index (χ3n) is 4.81. The fraction of sp³-hybridized carbons (Fsp3) is 0.474. The molecule has 0 spiro atoms. The molecule has 2 saturated heterocycles. The third kappa shape index (κ3) is 5.45. The summed E-state index contributed by atoms with van der Waals surface area (Å²) < 4.78 is 16.2. The summed E-state index contributed by atoms with van der Waals surface area (Å²) in [5.41, 5.74) is 3.52. The zero-order valence-electron chi connectivity index (χ0n) is 17.1. The molecule has 2 aliphatic heterocycles. The van der Waals surface area contributed by atoms with Gasteiger partial charge < -0.3 is 24.0 Å². The van der Waals surface area contributed by atoms with E-state index in [-0.39, 0.29) is 0 Å². The van der Waals surface area contributed by atoms with E-state index in [4.69, 9.17) is 37.4 Å². The van der Waals surface area contributed by atoms with Crippen LogP contribution in [0.3, 0.4) is 0 Å². The highest BCUT2D eigenvalue weighted by Gasteiger charge is 2.20. The predicted octanol–water partition coefficient (Wildman–Crippen LogP) is 2.31. The number of rotatable bonds is 6. The van der Waals surface area contributed by atoms with Crippen molar-refractivity contribution in [2.24, 2.45) is 5.10 Å². The number of hydrazone groups is 1. The van der Waals surface area contributed by atoms with Gasteiger partial charge in [-0.05, 0) is 12.1 Å². The van der Waals surface area contributed by atoms with Gasteiger partial charge in [0.25, 0.3) is 0 Å². The van der Waals surface area contributed by atoms with E-state index in [1.54, 1.807) is 18.3 Å². The van der Waals surface area contributed by atoms with Crippen LogP contribution in [0.1, 0.15) is 5.56 Å². The van der Waals surface area contributed by atoms with Crippen LogP contribution in [0.15, 0.2) is 17.2 Å². The first-order valence-electron chi connectivity index (χ1n) is 9.87. The molecule has 2 fully saturated rings. The Kier molecular flexibility index (Phi) is 7.23. The molecule has 2 aromatic rings. The normalized spacial score (nSPS) is 17.3. The third-order valence-corrected chi connectivity index (χ3v) is 5.31. The average Bonchev–Trinajstić information content (AvgIpc) is 2.80. The van der Waals surface area contributed by atoms with Crippen LogP contribution in [0.5, 0.6) is 5.75 Å². The van der Waals surface area contributed by atoms with E-state index in [0.29, 0.717) is 91.8 Å². The van der Waals surface area contributed by atoms with E-state index in [2.05, 4.69) is 35.3 Å². The first kappa shape index (κ1) is 21.8. The maximum atomic E-state index is 6.19. The van der Waals surface area contributed by atoms with Crippen LogP contribution in [0.25, 0.3) is 0 Å². The van der Waals surface area contributed by atoms with Crippen LogP contribution < -0.4 is 20.0 Å². The Morgan fingerprint density at radius 2 is 1.55 bits per heavy atom. The summed E-state index contributed by atoms with van der Waals surface area (Å²) in [6, 6.07) is 3.32. The van der Waals surface area contributed by atoms with Crippen molar-refractivity contribution in [2.75, 3.05) is 74.9 Å². The highest BCUT2D eigenvalue weighted by atomic mass is 35.5. The van der Waals surface area contributed by atoms with Gasteiger partial charge in [-0.2, -0.15) is 20.1 Å². The van der Waals surface area contributed by atoms with Crippen molar-refractivity contribution in [3.63, 3.8) is 0 Å². The van der Waals surface area contributed by atoms with Gasteiger partial charge in [-0.3, -0.25) is 0 Å². The topological polar surface area (TPSA) is 97.2 Å². The second kappa shape index (κ2) is 10.3. The quantitative estimate of drug-likeness (QED) is 0.506. The molecule has 1 N–H and O–H groups in total. The van der Waals surface area contributed by atoms with Gasteiger partial charge in [-0.1, -0.05) is 23.2 Å². The van der Waals surface area contributed by atoms with Crippen LogP contribution in [0.2, 0.25) is 10.0 Å². The molecule has 10 nitrogen and oxygen atoms in total. The summed E-state index contributed by atoms with van der Waals surface area (Å²) in [6.45, 7) is 5.40. The van der Waals surface area contributed by atoms with Crippen molar-refractivity contribution < 1.29 is 14.2 Å². The number of hydrogen-bond donors (Lipinski definition) is 1.